The quantitative estimate of drug-likeness (QED) is 0.452. The molecule has 0 aromatic heterocycles. The van der Waals surface area contributed by atoms with E-state index in [0.717, 1.165) is 11.4 Å². The zero-order valence-electron chi connectivity index (χ0n) is 11.6. The Bertz CT molecular complexity index is 632. The fourth-order valence-electron chi connectivity index (χ4n) is 1.56. The van der Waals surface area contributed by atoms with Gasteiger partial charge in [-0.15, -0.1) is 0 Å². The summed E-state index contributed by atoms with van der Waals surface area (Å²) in [5.74, 6) is 0.696. The van der Waals surface area contributed by atoms with Crippen molar-refractivity contribution in [2.45, 2.75) is 13.0 Å². The van der Waals surface area contributed by atoms with Gasteiger partial charge in [0.15, 0.2) is 0 Å². The highest BCUT2D eigenvalue weighted by molar-refractivity contribution is 5.42. The van der Waals surface area contributed by atoms with Crippen LogP contribution in [0.5, 0.6) is 5.75 Å². The van der Waals surface area contributed by atoms with Crippen LogP contribution in [-0.4, -0.2) is 18.7 Å². The molecule has 0 spiro atoms. The first-order valence-corrected chi connectivity index (χ1v) is 6.54. The summed E-state index contributed by atoms with van der Waals surface area (Å²) in [7, 11) is 0. The summed E-state index contributed by atoms with van der Waals surface area (Å²) >= 11 is 0. The fraction of sp³-hybridized carbons (Fsp3) is 0.188. The molecule has 0 aliphatic heterocycles. The summed E-state index contributed by atoms with van der Waals surface area (Å²) in [6.45, 7) is 2.12. The van der Waals surface area contributed by atoms with Gasteiger partial charge in [-0.25, -0.2) is 4.79 Å². The fourth-order valence-corrected chi connectivity index (χ4v) is 1.56. The van der Waals surface area contributed by atoms with E-state index in [9.17, 15) is 4.79 Å². The van der Waals surface area contributed by atoms with E-state index in [1.807, 2.05) is 42.5 Å². The number of hydrogen-bond acceptors (Lipinski definition) is 5. The second-order valence-electron chi connectivity index (χ2n) is 4.41. The number of isocyanates is 1. The molecule has 0 aliphatic rings. The largest absolute Gasteiger partial charge is 0.491 e. The smallest absolute Gasteiger partial charge is 0.235 e. The zero-order valence-corrected chi connectivity index (χ0v) is 11.6. The minimum absolute atomic E-state index is 0.208. The average Bonchev–Trinajstić information content (AvgIpc) is 2.53. The van der Waals surface area contributed by atoms with Gasteiger partial charge >= 0.3 is 0 Å². The van der Waals surface area contributed by atoms with Crippen molar-refractivity contribution in [3.63, 3.8) is 0 Å². The monoisotopic (exact) mass is 281 g/mol. The Morgan fingerprint density at radius 2 is 1.62 bits per heavy atom. The molecule has 0 fully saturated rings. The molecule has 0 bridgehead atoms. The zero-order chi connectivity index (χ0) is 14.9. The van der Waals surface area contributed by atoms with Gasteiger partial charge in [-0.2, -0.15) is 15.2 Å². The van der Waals surface area contributed by atoms with Crippen molar-refractivity contribution in [2.24, 2.45) is 15.2 Å². The van der Waals surface area contributed by atoms with Gasteiger partial charge in [-0.1, -0.05) is 18.2 Å². The minimum atomic E-state index is -0.208. The average molecular weight is 281 g/mol. The third kappa shape index (κ3) is 5.01. The highest BCUT2D eigenvalue weighted by Crippen LogP contribution is 2.21. The molecule has 1 atom stereocenters. The van der Waals surface area contributed by atoms with Gasteiger partial charge in [0.2, 0.25) is 6.08 Å². The molecule has 21 heavy (non-hydrogen) atoms. The predicted octanol–water partition coefficient (Wildman–Crippen LogP) is 4.21. The Morgan fingerprint density at radius 3 is 2.24 bits per heavy atom. The molecule has 5 heteroatoms. The lowest BCUT2D eigenvalue weighted by molar-refractivity contribution is 0.297. The number of rotatable bonds is 6. The molecule has 5 nitrogen and oxygen atoms in total. The SMILES string of the molecule is C[C@@H](COc1ccc(N=Nc2ccccc2)cc1)N=C=O. The summed E-state index contributed by atoms with van der Waals surface area (Å²) in [6.07, 6.45) is 1.51. The number of ether oxygens (including phenoxy) is 1. The number of hydrogen-bond donors (Lipinski definition) is 0. The van der Waals surface area contributed by atoms with E-state index in [1.54, 1.807) is 19.1 Å². The van der Waals surface area contributed by atoms with Crippen molar-refractivity contribution in [1.29, 1.82) is 0 Å². The Labute approximate surface area is 123 Å². The lowest BCUT2D eigenvalue weighted by Gasteiger charge is -2.07. The number of nitrogens with zero attached hydrogens (tertiary/aromatic N) is 3. The second kappa shape index (κ2) is 7.72. The van der Waals surface area contributed by atoms with Crippen LogP contribution < -0.4 is 4.74 Å². The molecule has 0 aliphatic carbocycles. The third-order valence-corrected chi connectivity index (χ3v) is 2.64. The second-order valence-corrected chi connectivity index (χ2v) is 4.41. The van der Waals surface area contributed by atoms with Gasteiger partial charge in [0.05, 0.1) is 17.4 Å². The Morgan fingerprint density at radius 1 is 1.00 bits per heavy atom. The van der Waals surface area contributed by atoms with Gasteiger partial charge in [-0.3, -0.25) is 0 Å². The lowest BCUT2D eigenvalue weighted by atomic mass is 10.3. The van der Waals surface area contributed by atoms with Crippen molar-refractivity contribution in [3.05, 3.63) is 54.6 Å². The van der Waals surface area contributed by atoms with Gasteiger partial charge < -0.3 is 4.74 Å². The molecule has 0 saturated carbocycles. The van der Waals surface area contributed by atoms with E-state index in [2.05, 4.69) is 15.2 Å². The highest BCUT2D eigenvalue weighted by atomic mass is 16.5. The summed E-state index contributed by atoms with van der Waals surface area (Å²) in [4.78, 5) is 13.6. The molecule has 0 heterocycles. The van der Waals surface area contributed by atoms with Crippen LogP contribution in [0.1, 0.15) is 6.92 Å². The highest BCUT2D eigenvalue weighted by Gasteiger charge is 2.00. The molecule has 0 unspecified atom stereocenters. The first-order valence-electron chi connectivity index (χ1n) is 6.54. The normalized spacial score (nSPS) is 11.9. The summed E-state index contributed by atoms with van der Waals surface area (Å²) in [5.41, 5.74) is 1.54. The van der Waals surface area contributed by atoms with Crippen LogP contribution in [0.15, 0.2) is 69.8 Å². The van der Waals surface area contributed by atoms with Crippen LogP contribution in [0.4, 0.5) is 11.4 Å². The molecule has 2 aromatic carbocycles. The van der Waals surface area contributed by atoms with Gasteiger partial charge in [-0.05, 0) is 43.3 Å². The Balaban J connectivity index is 1.93. The molecule has 106 valence electrons. The van der Waals surface area contributed by atoms with Gasteiger partial charge in [0.1, 0.15) is 12.4 Å². The van der Waals surface area contributed by atoms with Crippen molar-refractivity contribution >= 4 is 17.5 Å². The van der Waals surface area contributed by atoms with E-state index < -0.39 is 0 Å². The molecular formula is C16H15N3O2. The minimum Gasteiger partial charge on any atom is -0.491 e. The molecule has 0 N–H and O–H groups in total. The third-order valence-electron chi connectivity index (χ3n) is 2.64. The Kier molecular flexibility index (Phi) is 5.38. The van der Waals surface area contributed by atoms with Crippen LogP contribution in [0.3, 0.4) is 0 Å². The first-order chi connectivity index (χ1) is 10.3. The van der Waals surface area contributed by atoms with Crippen LogP contribution in [-0.2, 0) is 4.79 Å². The van der Waals surface area contributed by atoms with Crippen molar-refractivity contribution in [3.8, 4) is 5.75 Å². The summed E-state index contributed by atoms with van der Waals surface area (Å²) in [5, 5.41) is 8.27. The van der Waals surface area contributed by atoms with Crippen molar-refractivity contribution in [2.75, 3.05) is 6.61 Å². The topological polar surface area (TPSA) is 63.4 Å². The van der Waals surface area contributed by atoms with Crippen molar-refractivity contribution in [1.82, 2.24) is 0 Å². The number of benzene rings is 2. The first kappa shape index (κ1) is 14.6. The van der Waals surface area contributed by atoms with E-state index in [4.69, 9.17) is 4.74 Å². The van der Waals surface area contributed by atoms with E-state index in [1.165, 1.54) is 6.08 Å². The predicted molar refractivity (Wildman–Crippen MR) is 80.1 cm³/mol. The molecule has 0 amide bonds. The molecule has 2 aromatic rings. The molecular weight excluding hydrogens is 266 g/mol. The number of aliphatic imine (C=N–C) groups is 1. The molecule has 0 radical (unpaired) electrons. The maximum atomic E-state index is 10.1. The van der Waals surface area contributed by atoms with E-state index in [0.29, 0.717) is 12.4 Å². The number of azo groups is 1. The maximum absolute atomic E-state index is 10.1. The van der Waals surface area contributed by atoms with Gasteiger partial charge in [0.25, 0.3) is 0 Å². The molecule has 2 rings (SSSR count). The number of carbonyl (C=O) groups excluding carboxylic acids is 1. The van der Waals surface area contributed by atoms with Crippen molar-refractivity contribution < 1.29 is 9.53 Å². The van der Waals surface area contributed by atoms with Crippen LogP contribution in [0.2, 0.25) is 0 Å². The van der Waals surface area contributed by atoms with Gasteiger partial charge in [0, 0.05) is 0 Å². The van der Waals surface area contributed by atoms with E-state index in [-0.39, 0.29) is 6.04 Å². The lowest BCUT2D eigenvalue weighted by Crippen LogP contribution is -2.11. The molecule has 0 saturated heterocycles. The maximum Gasteiger partial charge on any atom is 0.235 e. The summed E-state index contributed by atoms with van der Waals surface area (Å²) in [6, 6.07) is 16.5. The standard InChI is InChI=1S/C16H15N3O2/c1-13(17-12-20)11-21-16-9-7-15(8-10-16)19-18-14-5-3-2-4-6-14/h2-10,13H,11H2,1H3/t13-/m0/s1. The Hall–Kier alpha value is -2.78. The van der Waals surface area contributed by atoms with Crippen LogP contribution in [0, 0.1) is 0 Å². The summed E-state index contributed by atoms with van der Waals surface area (Å²) < 4.78 is 5.49. The van der Waals surface area contributed by atoms with E-state index >= 15 is 0 Å². The van der Waals surface area contributed by atoms with Crippen LogP contribution >= 0.6 is 0 Å². The van der Waals surface area contributed by atoms with Crippen LogP contribution in [0.25, 0.3) is 0 Å².